The van der Waals surface area contributed by atoms with E-state index in [2.05, 4.69) is 45.8 Å². The molecule has 0 aromatic rings. The smallest absolute Gasteiger partial charge is 0.228 e. The molecule has 1 aliphatic heterocycles. The quantitative estimate of drug-likeness (QED) is 0.464. The molecule has 0 aromatic heterocycles. The molecule has 1 amide bonds. The molecule has 1 aliphatic rings. The third kappa shape index (κ3) is 3.31. The van der Waals surface area contributed by atoms with Gasteiger partial charge in [-0.1, -0.05) is 26.8 Å². The molecule has 3 nitrogen and oxygen atoms in total. The largest absolute Gasteiger partial charge is 0.413 e. The molecule has 1 rings (SSSR count). The van der Waals surface area contributed by atoms with Gasteiger partial charge < -0.3 is 9.74 Å². The van der Waals surface area contributed by atoms with Gasteiger partial charge >= 0.3 is 0 Å². The lowest BCUT2D eigenvalue weighted by molar-refractivity contribution is -0.141. The number of amides is 1. The Labute approximate surface area is 123 Å². The minimum absolute atomic E-state index is 0.0403. The van der Waals surface area contributed by atoms with Crippen LogP contribution >= 0.6 is 0 Å². The number of alkyl halides is 1. The van der Waals surface area contributed by atoms with Gasteiger partial charge in [0.1, 0.15) is 0 Å². The highest BCUT2D eigenvalue weighted by Crippen LogP contribution is 2.39. The summed E-state index contributed by atoms with van der Waals surface area (Å²) in [6.45, 7) is 15.9. The average molecular weight is 301 g/mol. The summed E-state index contributed by atoms with van der Waals surface area (Å²) in [7, 11) is -1.93. The first-order valence-corrected chi connectivity index (χ1v) is 10.1. The summed E-state index contributed by atoms with van der Waals surface area (Å²) in [6, 6.07) is -0.190. The number of carbonyl (C=O) groups is 1. The Kier molecular flexibility index (Phi) is 5.19. The topological polar surface area (TPSA) is 38.3 Å². The van der Waals surface area contributed by atoms with E-state index in [1.807, 2.05) is 6.92 Å². The molecule has 20 heavy (non-hydrogen) atoms. The van der Waals surface area contributed by atoms with Crippen molar-refractivity contribution in [2.75, 3.05) is 6.67 Å². The van der Waals surface area contributed by atoms with E-state index in [9.17, 15) is 9.18 Å². The first kappa shape index (κ1) is 17.4. The summed E-state index contributed by atoms with van der Waals surface area (Å²) in [5.41, 5.74) is 0. The fraction of sp³-hybridized carbons (Fsp3) is 0.800. The van der Waals surface area contributed by atoms with Crippen molar-refractivity contribution < 1.29 is 13.6 Å². The van der Waals surface area contributed by atoms with Crippen LogP contribution in [0.3, 0.4) is 0 Å². The fourth-order valence-electron chi connectivity index (χ4n) is 2.32. The van der Waals surface area contributed by atoms with Gasteiger partial charge in [0.2, 0.25) is 5.91 Å². The van der Waals surface area contributed by atoms with Gasteiger partial charge in [-0.3, -0.25) is 9.18 Å². The molecular weight excluding hydrogens is 273 g/mol. The standard InChI is InChI=1S/C15H28FNO2Si/c1-8-11(9-16)13-12(14(18)17-13)10(2)19-20(6,7)15(3,4)5/h8,10-13H,1,9H2,2-7H3,(H,17,18)/t10-,11+,12-,13-/m1/s1. The second kappa shape index (κ2) is 5.98. The van der Waals surface area contributed by atoms with Crippen molar-refractivity contribution in [3.8, 4) is 0 Å². The molecule has 0 radical (unpaired) electrons. The predicted molar refractivity (Wildman–Crippen MR) is 82.8 cm³/mol. The van der Waals surface area contributed by atoms with E-state index >= 15 is 0 Å². The minimum Gasteiger partial charge on any atom is -0.413 e. The maximum Gasteiger partial charge on any atom is 0.228 e. The van der Waals surface area contributed by atoms with Crippen molar-refractivity contribution in [1.29, 1.82) is 0 Å². The number of hydrogen-bond donors (Lipinski definition) is 1. The molecule has 0 spiro atoms. The van der Waals surface area contributed by atoms with E-state index in [4.69, 9.17) is 4.43 Å². The maximum atomic E-state index is 13.0. The molecule has 0 saturated carbocycles. The van der Waals surface area contributed by atoms with E-state index < -0.39 is 15.0 Å². The monoisotopic (exact) mass is 301 g/mol. The lowest BCUT2D eigenvalue weighted by Crippen LogP contribution is -2.66. The summed E-state index contributed by atoms with van der Waals surface area (Å²) in [6.07, 6.45) is 1.39. The van der Waals surface area contributed by atoms with Crippen LogP contribution in [-0.4, -0.2) is 33.0 Å². The first-order chi connectivity index (χ1) is 9.05. The summed E-state index contributed by atoms with van der Waals surface area (Å²) in [5, 5.41) is 2.88. The summed E-state index contributed by atoms with van der Waals surface area (Å²) in [4.78, 5) is 11.8. The van der Waals surface area contributed by atoms with Gasteiger partial charge in [0.25, 0.3) is 0 Å². The van der Waals surface area contributed by atoms with Crippen molar-refractivity contribution in [3.63, 3.8) is 0 Å². The Bertz CT molecular complexity index is 379. The molecule has 1 fully saturated rings. The van der Waals surface area contributed by atoms with E-state index in [0.717, 1.165) is 0 Å². The number of rotatable bonds is 6. The van der Waals surface area contributed by atoms with Crippen LogP contribution < -0.4 is 5.32 Å². The van der Waals surface area contributed by atoms with Crippen molar-refractivity contribution >= 4 is 14.2 Å². The molecular formula is C15H28FNO2Si. The molecule has 0 bridgehead atoms. The normalized spacial score (nSPS) is 26.4. The molecule has 1 N–H and O–H groups in total. The van der Waals surface area contributed by atoms with Gasteiger partial charge in [0, 0.05) is 5.92 Å². The van der Waals surface area contributed by atoms with Crippen LogP contribution in [0.15, 0.2) is 12.7 Å². The lowest BCUT2D eigenvalue weighted by atomic mass is 9.79. The molecule has 116 valence electrons. The number of hydrogen-bond acceptors (Lipinski definition) is 2. The molecule has 0 aliphatic carbocycles. The van der Waals surface area contributed by atoms with Crippen LogP contribution in [0.1, 0.15) is 27.7 Å². The molecule has 5 heteroatoms. The molecule has 1 saturated heterocycles. The molecule has 0 unspecified atom stereocenters. The highest BCUT2D eigenvalue weighted by molar-refractivity contribution is 6.74. The zero-order valence-corrected chi connectivity index (χ0v) is 14.5. The average Bonchev–Trinajstić information content (AvgIpc) is 2.26. The van der Waals surface area contributed by atoms with Crippen molar-refractivity contribution in [2.24, 2.45) is 11.8 Å². The number of nitrogens with one attached hydrogen (secondary N) is 1. The molecule has 1 heterocycles. The van der Waals surface area contributed by atoms with E-state index in [-0.39, 0.29) is 34.9 Å². The van der Waals surface area contributed by atoms with Crippen LogP contribution in [0, 0.1) is 11.8 Å². The van der Waals surface area contributed by atoms with Crippen molar-refractivity contribution in [3.05, 3.63) is 12.7 Å². The summed E-state index contributed by atoms with van der Waals surface area (Å²) < 4.78 is 19.2. The Morgan fingerprint density at radius 3 is 2.40 bits per heavy atom. The SMILES string of the molecule is C=C[C@@H](CF)[C@H]1NC(=O)[C@@H]1[C@@H](C)O[Si](C)(C)C(C)(C)C. The second-order valence-electron chi connectivity index (χ2n) is 7.20. The molecule has 0 aromatic carbocycles. The third-order valence-electron chi connectivity index (χ3n) is 4.73. The Hall–Kier alpha value is -0.683. The van der Waals surface area contributed by atoms with E-state index in [1.54, 1.807) is 6.08 Å². The Morgan fingerprint density at radius 1 is 1.50 bits per heavy atom. The van der Waals surface area contributed by atoms with Crippen LogP contribution in [0.2, 0.25) is 18.1 Å². The van der Waals surface area contributed by atoms with Gasteiger partial charge in [-0.25, -0.2) is 0 Å². The zero-order chi connectivity index (χ0) is 15.7. The highest BCUT2D eigenvalue weighted by atomic mass is 28.4. The highest BCUT2D eigenvalue weighted by Gasteiger charge is 2.49. The van der Waals surface area contributed by atoms with Crippen molar-refractivity contribution in [1.82, 2.24) is 5.32 Å². The van der Waals surface area contributed by atoms with E-state index in [0.29, 0.717) is 0 Å². The maximum absolute atomic E-state index is 13.0. The number of halogens is 1. The lowest BCUT2D eigenvalue weighted by Gasteiger charge is -2.46. The van der Waals surface area contributed by atoms with E-state index in [1.165, 1.54) is 0 Å². The Balaban J connectivity index is 2.78. The van der Waals surface area contributed by atoms with Crippen LogP contribution in [0.25, 0.3) is 0 Å². The fourth-order valence-corrected chi connectivity index (χ4v) is 3.75. The van der Waals surface area contributed by atoms with Crippen molar-refractivity contribution in [2.45, 2.75) is 58.0 Å². The number of carbonyl (C=O) groups excluding carboxylic acids is 1. The van der Waals surface area contributed by atoms with Gasteiger partial charge in [0.15, 0.2) is 8.32 Å². The number of β-lactam (4-membered cyclic amide) rings is 1. The third-order valence-corrected chi connectivity index (χ3v) is 9.31. The van der Waals surface area contributed by atoms with Gasteiger partial charge in [-0.15, -0.1) is 6.58 Å². The van der Waals surface area contributed by atoms with Crippen LogP contribution in [0.4, 0.5) is 4.39 Å². The second-order valence-corrected chi connectivity index (χ2v) is 12.0. The minimum atomic E-state index is -1.93. The van der Waals surface area contributed by atoms with Gasteiger partial charge in [-0.2, -0.15) is 0 Å². The summed E-state index contributed by atoms with van der Waals surface area (Å²) in [5.74, 6) is -0.646. The first-order valence-electron chi connectivity index (χ1n) is 7.22. The predicted octanol–water partition coefficient (Wildman–Crippen LogP) is 3.28. The summed E-state index contributed by atoms with van der Waals surface area (Å²) >= 11 is 0. The Morgan fingerprint density at radius 2 is 2.05 bits per heavy atom. The van der Waals surface area contributed by atoms with Gasteiger partial charge in [0.05, 0.1) is 24.7 Å². The van der Waals surface area contributed by atoms with Crippen LogP contribution in [0.5, 0.6) is 0 Å². The van der Waals surface area contributed by atoms with Gasteiger partial charge in [-0.05, 0) is 25.1 Å². The molecule has 4 atom stereocenters. The zero-order valence-electron chi connectivity index (χ0n) is 13.5. The van der Waals surface area contributed by atoms with Crippen LogP contribution in [-0.2, 0) is 9.22 Å².